The number of hydrogen-bond donors (Lipinski definition) is 1. The Labute approximate surface area is 149 Å². The molecule has 1 N–H and O–H groups in total. The fourth-order valence-electron chi connectivity index (χ4n) is 2.56. The maximum Gasteiger partial charge on any atom is 0.271 e. The Bertz CT molecular complexity index is 778. The Balaban J connectivity index is 1.63. The number of pyridine rings is 1. The van der Waals surface area contributed by atoms with E-state index in [2.05, 4.69) is 10.3 Å². The van der Waals surface area contributed by atoms with E-state index in [-0.39, 0.29) is 27.7 Å². The molecule has 0 bridgehead atoms. The first-order valence-corrected chi connectivity index (χ1v) is 8.30. The van der Waals surface area contributed by atoms with E-state index in [1.165, 1.54) is 12.1 Å². The van der Waals surface area contributed by atoms with E-state index >= 15 is 0 Å². The zero-order valence-corrected chi connectivity index (χ0v) is 14.3. The number of nitrogens with zero attached hydrogens (tertiary/aromatic N) is 2. The maximum atomic E-state index is 12.1. The van der Waals surface area contributed by atoms with Gasteiger partial charge in [0.05, 0.1) is 5.02 Å². The highest BCUT2D eigenvalue weighted by Gasteiger charge is 2.21. The van der Waals surface area contributed by atoms with Crippen LogP contribution >= 0.6 is 23.2 Å². The van der Waals surface area contributed by atoms with Gasteiger partial charge in [0.15, 0.2) is 0 Å². The molecule has 0 spiro atoms. The highest BCUT2D eigenvalue weighted by atomic mass is 35.5. The molecule has 0 atom stereocenters. The van der Waals surface area contributed by atoms with Gasteiger partial charge in [0.25, 0.3) is 5.91 Å². The number of nitrogens with one attached hydrogen (secondary N) is 1. The number of anilines is 1. The molecule has 1 aliphatic rings. The number of amides is 2. The molecular formula is C17H15Cl2N3O2. The minimum absolute atomic E-state index is 0.100. The number of benzene rings is 1. The summed E-state index contributed by atoms with van der Waals surface area (Å²) >= 11 is 11.7. The maximum absolute atomic E-state index is 12.1. The lowest BCUT2D eigenvalue weighted by Crippen LogP contribution is -2.25. The van der Waals surface area contributed by atoms with Gasteiger partial charge in [-0.05, 0) is 36.2 Å². The Kier molecular flexibility index (Phi) is 5.02. The van der Waals surface area contributed by atoms with Crippen molar-refractivity contribution in [1.82, 2.24) is 10.3 Å². The van der Waals surface area contributed by atoms with Gasteiger partial charge in [0.1, 0.15) is 10.8 Å². The minimum Gasteiger partial charge on any atom is -0.347 e. The molecule has 1 aliphatic heterocycles. The quantitative estimate of drug-likeness (QED) is 0.846. The van der Waals surface area contributed by atoms with Gasteiger partial charge in [0.2, 0.25) is 5.91 Å². The fraction of sp³-hybridized carbons (Fsp3) is 0.235. The second-order valence-corrected chi connectivity index (χ2v) is 6.26. The van der Waals surface area contributed by atoms with Crippen molar-refractivity contribution in [3.63, 3.8) is 0 Å². The van der Waals surface area contributed by atoms with Crippen LogP contribution in [0.25, 0.3) is 0 Å². The third-order valence-corrected chi connectivity index (χ3v) is 4.32. The summed E-state index contributed by atoms with van der Waals surface area (Å²) in [4.78, 5) is 29.6. The molecule has 2 heterocycles. The number of rotatable bonds is 4. The summed E-state index contributed by atoms with van der Waals surface area (Å²) in [5, 5.41) is 3.22. The summed E-state index contributed by atoms with van der Waals surface area (Å²) in [5.41, 5.74) is 1.90. The SMILES string of the molecule is O=C(NCc1ccc(N2CCCC2=O)cc1)c1nc(Cl)ccc1Cl. The standard InChI is InChI=1S/C17H15Cl2N3O2/c18-13-7-8-14(19)21-16(13)17(24)20-10-11-3-5-12(6-4-11)22-9-1-2-15(22)23/h3-8H,1-2,9-10H2,(H,20,24). The van der Waals surface area contributed by atoms with Crippen molar-refractivity contribution < 1.29 is 9.59 Å². The zero-order chi connectivity index (χ0) is 17.1. The van der Waals surface area contributed by atoms with Gasteiger partial charge in [-0.1, -0.05) is 35.3 Å². The summed E-state index contributed by atoms with van der Waals surface area (Å²) < 4.78 is 0. The Morgan fingerprint density at radius 1 is 1.17 bits per heavy atom. The van der Waals surface area contributed by atoms with Gasteiger partial charge in [-0.3, -0.25) is 9.59 Å². The molecule has 124 valence electrons. The van der Waals surface area contributed by atoms with E-state index in [9.17, 15) is 9.59 Å². The lowest BCUT2D eigenvalue weighted by atomic mass is 10.2. The van der Waals surface area contributed by atoms with E-state index in [1.807, 2.05) is 24.3 Å². The molecule has 0 saturated carbocycles. The molecule has 1 aromatic carbocycles. The van der Waals surface area contributed by atoms with E-state index in [4.69, 9.17) is 23.2 Å². The van der Waals surface area contributed by atoms with Crippen molar-refractivity contribution in [2.75, 3.05) is 11.4 Å². The average Bonchev–Trinajstić information content (AvgIpc) is 3.01. The summed E-state index contributed by atoms with van der Waals surface area (Å²) in [6.45, 7) is 1.09. The monoisotopic (exact) mass is 363 g/mol. The van der Waals surface area contributed by atoms with Crippen LogP contribution in [0, 0.1) is 0 Å². The lowest BCUT2D eigenvalue weighted by molar-refractivity contribution is -0.117. The summed E-state index contributed by atoms with van der Waals surface area (Å²) in [7, 11) is 0. The summed E-state index contributed by atoms with van der Waals surface area (Å²) in [6.07, 6.45) is 1.50. The second kappa shape index (κ2) is 7.20. The molecule has 24 heavy (non-hydrogen) atoms. The number of carbonyl (C=O) groups excluding carboxylic acids is 2. The molecule has 2 aromatic rings. The number of hydrogen-bond acceptors (Lipinski definition) is 3. The van der Waals surface area contributed by atoms with Crippen molar-refractivity contribution >= 4 is 40.7 Å². The molecule has 0 radical (unpaired) electrons. The molecule has 0 unspecified atom stereocenters. The van der Waals surface area contributed by atoms with E-state index < -0.39 is 0 Å². The van der Waals surface area contributed by atoms with Crippen LogP contribution in [0.15, 0.2) is 36.4 Å². The van der Waals surface area contributed by atoms with Crippen LogP contribution in [-0.4, -0.2) is 23.3 Å². The number of halogens is 2. The summed E-state index contributed by atoms with van der Waals surface area (Å²) in [6, 6.07) is 10.6. The summed E-state index contributed by atoms with van der Waals surface area (Å²) in [5.74, 6) is -0.237. The molecule has 1 fully saturated rings. The van der Waals surface area contributed by atoms with E-state index in [0.717, 1.165) is 24.2 Å². The van der Waals surface area contributed by atoms with Crippen molar-refractivity contribution in [3.05, 3.63) is 57.8 Å². The van der Waals surface area contributed by atoms with E-state index in [1.54, 1.807) is 4.90 Å². The van der Waals surface area contributed by atoms with Crippen LogP contribution in [0.3, 0.4) is 0 Å². The molecule has 1 saturated heterocycles. The van der Waals surface area contributed by atoms with Crippen molar-refractivity contribution in [1.29, 1.82) is 0 Å². The Hall–Kier alpha value is -2.11. The van der Waals surface area contributed by atoms with Gasteiger partial charge >= 0.3 is 0 Å². The minimum atomic E-state index is -0.388. The molecule has 5 nitrogen and oxygen atoms in total. The molecule has 2 amide bonds. The smallest absolute Gasteiger partial charge is 0.271 e. The third-order valence-electron chi connectivity index (χ3n) is 3.80. The van der Waals surface area contributed by atoms with Gasteiger partial charge in [0, 0.05) is 25.2 Å². The number of carbonyl (C=O) groups is 2. The van der Waals surface area contributed by atoms with Crippen LogP contribution in [-0.2, 0) is 11.3 Å². The average molecular weight is 364 g/mol. The van der Waals surface area contributed by atoms with Crippen molar-refractivity contribution in [2.45, 2.75) is 19.4 Å². The fourth-order valence-corrected chi connectivity index (χ4v) is 2.90. The van der Waals surface area contributed by atoms with Crippen LogP contribution in [0.5, 0.6) is 0 Å². The Morgan fingerprint density at radius 3 is 2.58 bits per heavy atom. The second-order valence-electron chi connectivity index (χ2n) is 5.46. The largest absolute Gasteiger partial charge is 0.347 e. The van der Waals surface area contributed by atoms with Gasteiger partial charge in [-0.2, -0.15) is 0 Å². The first-order chi connectivity index (χ1) is 11.5. The van der Waals surface area contributed by atoms with Gasteiger partial charge in [-0.25, -0.2) is 4.98 Å². The first-order valence-electron chi connectivity index (χ1n) is 7.54. The lowest BCUT2D eigenvalue weighted by Gasteiger charge is -2.16. The molecular weight excluding hydrogens is 349 g/mol. The first kappa shape index (κ1) is 16.7. The predicted molar refractivity (Wildman–Crippen MR) is 93.5 cm³/mol. The van der Waals surface area contributed by atoms with Crippen molar-refractivity contribution in [3.8, 4) is 0 Å². The van der Waals surface area contributed by atoms with Crippen molar-refractivity contribution in [2.24, 2.45) is 0 Å². The van der Waals surface area contributed by atoms with Crippen LogP contribution < -0.4 is 10.2 Å². The molecule has 3 rings (SSSR count). The van der Waals surface area contributed by atoms with E-state index in [0.29, 0.717) is 13.0 Å². The van der Waals surface area contributed by atoms with Crippen LogP contribution in [0.4, 0.5) is 5.69 Å². The van der Waals surface area contributed by atoms with Gasteiger partial charge < -0.3 is 10.2 Å². The van der Waals surface area contributed by atoms with Crippen LogP contribution in [0.2, 0.25) is 10.2 Å². The molecule has 1 aromatic heterocycles. The topological polar surface area (TPSA) is 62.3 Å². The highest BCUT2D eigenvalue weighted by molar-refractivity contribution is 6.34. The molecule has 0 aliphatic carbocycles. The van der Waals surface area contributed by atoms with Gasteiger partial charge in [-0.15, -0.1) is 0 Å². The highest BCUT2D eigenvalue weighted by Crippen LogP contribution is 2.22. The number of aromatic nitrogens is 1. The zero-order valence-electron chi connectivity index (χ0n) is 12.8. The third kappa shape index (κ3) is 3.68. The molecule has 7 heteroatoms. The van der Waals surface area contributed by atoms with Crippen LogP contribution in [0.1, 0.15) is 28.9 Å². The predicted octanol–water partition coefficient (Wildman–Crippen LogP) is 3.45. The normalized spacial score (nSPS) is 14.1. The Morgan fingerprint density at radius 2 is 1.92 bits per heavy atom.